The highest BCUT2D eigenvalue weighted by Crippen LogP contribution is 2.35. The van der Waals surface area contributed by atoms with E-state index in [1.165, 1.54) is 23.6 Å². The Hall–Kier alpha value is -1.86. The first-order valence-electron chi connectivity index (χ1n) is 8.98. The van der Waals surface area contributed by atoms with E-state index in [2.05, 4.69) is 11.9 Å². The summed E-state index contributed by atoms with van der Waals surface area (Å²) in [5, 5.41) is 0.785. The van der Waals surface area contributed by atoms with Crippen molar-refractivity contribution >= 4 is 33.3 Å². The van der Waals surface area contributed by atoms with Gasteiger partial charge in [-0.1, -0.05) is 13.0 Å². The minimum atomic E-state index is -0.359. The highest BCUT2D eigenvalue weighted by atomic mass is 32.2. The molecule has 0 amide bonds. The molecule has 0 bridgehead atoms. The third-order valence-corrected chi connectivity index (χ3v) is 7.10. The fourth-order valence-electron chi connectivity index (χ4n) is 3.53. The third-order valence-electron chi connectivity index (χ3n) is 4.94. The molecule has 1 aliphatic rings. The Bertz CT molecular complexity index is 1040. The molecule has 0 radical (unpaired) electrons. The van der Waals surface area contributed by atoms with Crippen LogP contribution in [0.2, 0.25) is 0 Å². The van der Waals surface area contributed by atoms with Gasteiger partial charge in [0.1, 0.15) is 10.7 Å². The summed E-state index contributed by atoms with van der Waals surface area (Å²) in [6.45, 7) is 2.26. The number of methoxy groups -OCH3 is 1. The Labute approximate surface area is 165 Å². The van der Waals surface area contributed by atoms with Crippen LogP contribution in [0, 0.1) is 11.7 Å². The summed E-state index contributed by atoms with van der Waals surface area (Å²) in [5.74, 6) is 2.46. The minimum Gasteiger partial charge on any atom is -0.494 e. The van der Waals surface area contributed by atoms with Crippen LogP contribution in [0.5, 0.6) is 5.75 Å². The van der Waals surface area contributed by atoms with Gasteiger partial charge in [0.2, 0.25) is 0 Å². The van der Waals surface area contributed by atoms with Crippen molar-refractivity contribution in [3.63, 3.8) is 0 Å². The van der Waals surface area contributed by atoms with Crippen LogP contribution in [0.3, 0.4) is 0 Å². The lowest BCUT2D eigenvalue weighted by Crippen LogP contribution is -2.14. The number of benzene rings is 1. The van der Waals surface area contributed by atoms with Crippen molar-refractivity contribution in [3.8, 4) is 5.75 Å². The molecule has 3 aromatic rings. The van der Waals surface area contributed by atoms with Crippen LogP contribution >= 0.6 is 23.1 Å². The van der Waals surface area contributed by atoms with E-state index < -0.39 is 0 Å². The van der Waals surface area contributed by atoms with Gasteiger partial charge in [-0.25, -0.2) is 9.37 Å². The molecule has 0 saturated carbocycles. The number of H-pyrrole nitrogens is 1. The topological polar surface area (TPSA) is 55.0 Å². The number of halogens is 1. The highest BCUT2D eigenvalue weighted by molar-refractivity contribution is 7.97. The van der Waals surface area contributed by atoms with Crippen LogP contribution in [0.1, 0.15) is 35.2 Å². The second-order valence-electron chi connectivity index (χ2n) is 7.01. The SMILES string of the molecule is COc1ccc(CSCc2nc3sc4c(c3c(=O)[nH]2)CC[C@@H](C)C4)cc1F. The monoisotopic (exact) mass is 404 g/mol. The van der Waals surface area contributed by atoms with Crippen molar-refractivity contribution in [2.75, 3.05) is 7.11 Å². The predicted molar refractivity (Wildman–Crippen MR) is 109 cm³/mol. The third kappa shape index (κ3) is 3.75. The molecule has 1 aromatic carbocycles. The van der Waals surface area contributed by atoms with E-state index in [1.807, 2.05) is 6.07 Å². The minimum absolute atomic E-state index is 0.0295. The molecule has 2 heterocycles. The molecule has 27 heavy (non-hydrogen) atoms. The lowest BCUT2D eigenvalue weighted by atomic mass is 9.89. The number of aryl methyl sites for hydroxylation is 1. The van der Waals surface area contributed by atoms with E-state index in [0.717, 1.165) is 35.0 Å². The summed E-state index contributed by atoms with van der Waals surface area (Å²) in [6, 6.07) is 4.97. The summed E-state index contributed by atoms with van der Waals surface area (Å²) in [5.41, 5.74) is 2.05. The van der Waals surface area contributed by atoms with Gasteiger partial charge in [-0.15, -0.1) is 23.1 Å². The van der Waals surface area contributed by atoms with Crippen molar-refractivity contribution in [1.29, 1.82) is 0 Å². The molecule has 2 aromatic heterocycles. The highest BCUT2D eigenvalue weighted by Gasteiger charge is 2.22. The molecule has 0 aliphatic heterocycles. The van der Waals surface area contributed by atoms with Gasteiger partial charge < -0.3 is 9.72 Å². The standard InChI is InChI=1S/C20H21FN2O2S2/c1-11-3-5-13-16(7-11)27-20-18(13)19(24)22-17(23-20)10-26-9-12-4-6-15(25-2)14(21)8-12/h4,6,8,11H,3,5,7,9-10H2,1-2H3,(H,22,23,24)/t11-/m1/s1. The maximum Gasteiger partial charge on any atom is 0.259 e. The van der Waals surface area contributed by atoms with Crippen LogP contribution in [-0.2, 0) is 24.3 Å². The molecule has 0 fully saturated rings. The molecule has 1 atom stereocenters. The van der Waals surface area contributed by atoms with Gasteiger partial charge in [-0.05, 0) is 48.4 Å². The molecule has 4 nitrogen and oxygen atoms in total. The summed E-state index contributed by atoms with van der Waals surface area (Å²) < 4.78 is 18.7. The van der Waals surface area contributed by atoms with Gasteiger partial charge in [0.25, 0.3) is 5.56 Å². The number of thiophene rings is 1. The number of aromatic nitrogens is 2. The lowest BCUT2D eigenvalue weighted by molar-refractivity contribution is 0.386. The molecule has 1 N–H and O–H groups in total. The van der Waals surface area contributed by atoms with Crippen molar-refractivity contribution in [1.82, 2.24) is 9.97 Å². The summed E-state index contributed by atoms with van der Waals surface area (Å²) in [7, 11) is 1.45. The Balaban J connectivity index is 1.50. The van der Waals surface area contributed by atoms with Gasteiger partial charge >= 0.3 is 0 Å². The Morgan fingerprint density at radius 2 is 2.26 bits per heavy atom. The normalized spacial score (nSPS) is 16.5. The van der Waals surface area contributed by atoms with Crippen molar-refractivity contribution < 1.29 is 9.13 Å². The average molecular weight is 405 g/mol. The fourth-order valence-corrected chi connectivity index (χ4v) is 5.78. The molecule has 7 heteroatoms. The maximum absolute atomic E-state index is 13.8. The zero-order valence-corrected chi connectivity index (χ0v) is 16.9. The molecule has 142 valence electrons. The summed E-state index contributed by atoms with van der Waals surface area (Å²) >= 11 is 3.26. The quantitative estimate of drug-likeness (QED) is 0.670. The number of rotatable bonds is 5. The van der Waals surface area contributed by atoms with Crippen LogP contribution < -0.4 is 10.3 Å². The molecule has 0 saturated heterocycles. The number of hydrogen-bond acceptors (Lipinski definition) is 5. The largest absolute Gasteiger partial charge is 0.494 e. The van der Waals surface area contributed by atoms with E-state index >= 15 is 0 Å². The number of aromatic amines is 1. The fraction of sp³-hybridized carbons (Fsp3) is 0.400. The second-order valence-corrected chi connectivity index (χ2v) is 9.08. The van der Waals surface area contributed by atoms with Crippen molar-refractivity contribution in [2.45, 2.75) is 37.7 Å². The predicted octanol–water partition coefficient (Wildman–Crippen LogP) is 4.69. The lowest BCUT2D eigenvalue weighted by Gasteiger charge is -2.17. The number of nitrogens with zero attached hydrogens (tertiary/aromatic N) is 1. The zero-order chi connectivity index (χ0) is 19.0. The van der Waals surface area contributed by atoms with Crippen LogP contribution in [-0.4, -0.2) is 17.1 Å². The van der Waals surface area contributed by atoms with E-state index in [1.54, 1.807) is 29.2 Å². The van der Waals surface area contributed by atoms with E-state index in [9.17, 15) is 9.18 Å². The van der Waals surface area contributed by atoms with Gasteiger partial charge in [0, 0.05) is 10.6 Å². The van der Waals surface area contributed by atoms with Gasteiger partial charge in [0.15, 0.2) is 11.6 Å². The van der Waals surface area contributed by atoms with Crippen LogP contribution in [0.15, 0.2) is 23.0 Å². The van der Waals surface area contributed by atoms with E-state index in [-0.39, 0.29) is 17.1 Å². The van der Waals surface area contributed by atoms with Crippen molar-refractivity contribution in [2.24, 2.45) is 5.92 Å². The summed E-state index contributed by atoms with van der Waals surface area (Å²) in [6.07, 6.45) is 3.15. The number of ether oxygens (including phenoxy) is 1. The molecular weight excluding hydrogens is 383 g/mol. The Morgan fingerprint density at radius 3 is 3.04 bits per heavy atom. The number of nitrogens with one attached hydrogen (secondary N) is 1. The van der Waals surface area contributed by atoms with Gasteiger partial charge in [0.05, 0.1) is 18.2 Å². The molecule has 1 aliphatic carbocycles. The molecule has 4 rings (SSSR count). The first-order chi connectivity index (χ1) is 13.0. The summed E-state index contributed by atoms with van der Waals surface area (Å²) in [4.78, 5) is 22.4. The Kier molecular flexibility index (Phi) is 5.23. The Morgan fingerprint density at radius 1 is 1.41 bits per heavy atom. The first-order valence-corrected chi connectivity index (χ1v) is 11.0. The van der Waals surface area contributed by atoms with Crippen LogP contribution in [0.4, 0.5) is 4.39 Å². The molecule has 0 spiro atoms. The van der Waals surface area contributed by atoms with Gasteiger partial charge in [-0.3, -0.25) is 4.79 Å². The van der Waals surface area contributed by atoms with Crippen molar-refractivity contribution in [3.05, 3.63) is 56.2 Å². The van der Waals surface area contributed by atoms with E-state index in [0.29, 0.717) is 23.2 Å². The number of hydrogen-bond donors (Lipinski definition) is 1. The maximum atomic E-state index is 13.8. The van der Waals surface area contributed by atoms with E-state index in [4.69, 9.17) is 9.72 Å². The second kappa shape index (κ2) is 7.64. The smallest absolute Gasteiger partial charge is 0.259 e. The molecule has 0 unspecified atom stereocenters. The average Bonchev–Trinajstić information content (AvgIpc) is 2.99. The van der Waals surface area contributed by atoms with Gasteiger partial charge in [-0.2, -0.15) is 0 Å². The zero-order valence-electron chi connectivity index (χ0n) is 15.3. The number of thioether (sulfide) groups is 1. The first kappa shape index (κ1) is 18.5. The molecular formula is C20H21FN2O2S2. The van der Waals surface area contributed by atoms with Crippen LogP contribution in [0.25, 0.3) is 10.2 Å². The number of fused-ring (bicyclic) bond motifs is 3.